The minimum Gasteiger partial charge on any atom is -0.399 e. The lowest BCUT2D eigenvalue weighted by Gasteiger charge is -2.24. The summed E-state index contributed by atoms with van der Waals surface area (Å²) in [4.78, 5) is 14.2. The molecule has 1 aromatic rings. The number of likely N-dealkylation sites (N-methyl/N-ethyl adjacent to an activating group) is 1. The van der Waals surface area contributed by atoms with E-state index in [4.69, 9.17) is 10.5 Å². The highest BCUT2D eigenvalue weighted by atomic mass is 16.5. The van der Waals surface area contributed by atoms with Crippen molar-refractivity contribution in [3.63, 3.8) is 0 Å². The Morgan fingerprint density at radius 2 is 2.15 bits per heavy atom. The molecule has 4 nitrogen and oxygen atoms in total. The average Bonchev–Trinajstić information content (AvgIpc) is 2.97. The maximum Gasteiger partial charge on any atom is 0.222 e. The monoisotopic (exact) mass is 276 g/mol. The summed E-state index contributed by atoms with van der Waals surface area (Å²) in [6.45, 7) is 4.34. The van der Waals surface area contributed by atoms with Crippen molar-refractivity contribution in [1.29, 1.82) is 0 Å². The Balaban J connectivity index is 1.80. The van der Waals surface area contributed by atoms with E-state index in [1.807, 2.05) is 36.1 Å². The number of nitrogens with zero attached hydrogens (tertiary/aromatic N) is 1. The molecule has 1 amide bonds. The van der Waals surface area contributed by atoms with Gasteiger partial charge in [0.1, 0.15) is 0 Å². The van der Waals surface area contributed by atoms with E-state index in [2.05, 4.69) is 0 Å². The number of benzene rings is 1. The van der Waals surface area contributed by atoms with Gasteiger partial charge in [0, 0.05) is 31.8 Å². The quantitative estimate of drug-likeness (QED) is 0.811. The fraction of sp³-hybridized carbons (Fsp3) is 0.562. The maximum atomic E-state index is 12.2. The Kier molecular flexibility index (Phi) is 5.41. The van der Waals surface area contributed by atoms with Crippen LogP contribution in [0.2, 0.25) is 0 Å². The Morgan fingerprint density at radius 1 is 1.40 bits per heavy atom. The van der Waals surface area contributed by atoms with Gasteiger partial charge in [-0.25, -0.2) is 0 Å². The molecule has 0 aromatic heterocycles. The number of nitrogen functional groups attached to an aromatic ring is 1. The number of hydrogen-bond donors (Lipinski definition) is 1. The van der Waals surface area contributed by atoms with Crippen molar-refractivity contribution in [3.05, 3.63) is 29.8 Å². The van der Waals surface area contributed by atoms with Gasteiger partial charge < -0.3 is 15.4 Å². The molecule has 1 heterocycles. The molecule has 1 fully saturated rings. The third-order valence-electron chi connectivity index (χ3n) is 3.79. The highest BCUT2D eigenvalue weighted by molar-refractivity contribution is 5.76. The average molecular weight is 276 g/mol. The van der Waals surface area contributed by atoms with Gasteiger partial charge in [-0.15, -0.1) is 0 Å². The van der Waals surface area contributed by atoms with E-state index < -0.39 is 0 Å². The van der Waals surface area contributed by atoms with Gasteiger partial charge in [-0.05, 0) is 43.9 Å². The van der Waals surface area contributed by atoms with Crippen molar-refractivity contribution in [2.45, 2.75) is 38.7 Å². The molecular weight excluding hydrogens is 252 g/mol. The minimum absolute atomic E-state index is 0.208. The van der Waals surface area contributed by atoms with Gasteiger partial charge >= 0.3 is 0 Å². The lowest BCUT2D eigenvalue weighted by atomic mass is 10.1. The van der Waals surface area contributed by atoms with Crippen molar-refractivity contribution in [1.82, 2.24) is 4.90 Å². The Bertz CT molecular complexity index is 425. The van der Waals surface area contributed by atoms with E-state index in [1.54, 1.807) is 0 Å². The number of aryl methyl sites for hydroxylation is 1. The summed E-state index contributed by atoms with van der Waals surface area (Å²) in [5.74, 6) is 0.208. The zero-order chi connectivity index (χ0) is 14.4. The Morgan fingerprint density at radius 3 is 2.75 bits per heavy atom. The summed E-state index contributed by atoms with van der Waals surface area (Å²) in [6, 6.07) is 7.73. The molecule has 1 unspecified atom stereocenters. The van der Waals surface area contributed by atoms with Gasteiger partial charge in [0.15, 0.2) is 0 Å². The lowest BCUT2D eigenvalue weighted by Crippen LogP contribution is -2.37. The molecule has 20 heavy (non-hydrogen) atoms. The molecule has 0 spiro atoms. The molecule has 1 aromatic carbocycles. The number of carbonyl (C=O) groups is 1. The summed E-state index contributed by atoms with van der Waals surface area (Å²) in [7, 11) is 0. The number of amides is 1. The van der Waals surface area contributed by atoms with Crippen LogP contribution in [0.15, 0.2) is 24.3 Å². The Hall–Kier alpha value is -1.55. The van der Waals surface area contributed by atoms with E-state index in [-0.39, 0.29) is 12.0 Å². The van der Waals surface area contributed by atoms with E-state index in [9.17, 15) is 4.79 Å². The highest BCUT2D eigenvalue weighted by Gasteiger charge is 2.21. The van der Waals surface area contributed by atoms with Gasteiger partial charge in [0.2, 0.25) is 5.91 Å². The number of ether oxygens (including phenoxy) is 1. The molecular formula is C16H24N2O2. The molecule has 4 heteroatoms. The van der Waals surface area contributed by atoms with Crippen LogP contribution in [0, 0.1) is 0 Å². The van der Waals surface area contributed by atoms with E-state index in [1.165, 1.54) is 0 Å². The molecule has 110 valence electrons. The van der Waals surface area contributed by atoms with E-state index in [0.717, 1.165) is 50.2 Å². The first kappa shape index (κ1) is 14.9. The number of rotatable bonds is 6. The van der Waals surface area contributed by atoms with Crippen LogP contribution in [0.4, 0.5) is 5.69 Å². The molecule has 1 saturated heterocycles. The fourth-order valence-corrected chi connectivity index (χ4v) is 2.54. The zero-order valence-corrected chi connectivity index (χ0v) is 12.2. The second-order valence-electron chi connectivity index (χ2n) is 5.31. The predicted octanol–water partition coefficient (Wildman–Crippen LogP) is 2.23. The SMILES string of the molecule is CCN(CC1CCCO1)C(=O)CCc1ccc(N)cc1. The third-order valence-corrected chi connectivity index (χ3v) is 3.79. The first-order valence-electron chi connectivity index (χ1n) is 7.43. The molecule has 1 aliphatic rings. The first-order chi connectivity index (χ1) is 9.69. The molecule has 0 saturated carbocycles. The van der Waals surface area contributed by atoms with Crippen LogP contribution in [0.1, 0.15) is 31.7 Å². The van der Waals surface area contributed by atoms with Crippen LogP contribution in [0.3, 0.4) is 0 Å². The summed E-state index contributed by atoms with van der Waals surface area (Å²) in [5, 5.41) is 0. The van der Waals surface area contributed by atoms with Crippen molar-refractivity contribution in [2.75, 3.05) is 25.4 Å². The van der Waals surface area contributed by atoms with Crippen molar-refractivity contribution in [2.24, 2.45) is 0 Å². The van der Waals surface area contributed by atoms with Gasteiger partial charge in [-0.2, -0.15) is 0 Å². The zero-order valence-electron chi connectivity index (χ0n) is 12.2. The molecule has 2 rings (SSSR count). The van der Waals surface area contributed by atoms with Crippen LogP contribution >= 0.6 is 0 Å². The first-order valence-corrected chi connectivity index (χ1v) is 7.43. The molecule has 0 radical (unpaired) electrons. The normalized spacial score (nSPS) is 18.1. The number of nitrogens with two attached hydrogens (primary N) is 1. The second-order valence-corrected chi connectivity index (χ2v) is 5.31. The predicted molar refractivity (Wildman–Crippen MR) is 80.4 cm³/mol. The van der Waals surface area contributed by atoms with Crippen molar-refractivity contribution in [3.8, 4) is 0 Å². The van der Waals surface area contributed by atoms with Crippen LogP contribution in [0.5, 0.6) is 0 Å². The van der Waals surface area contributed by atoms with Crippen molar-refractivity contribution < 1.29 is 9.53 Å². The molecule has 2 N–H and O–H groups in total. The van der Waals surface area contributed by atoms with Gasteiger partial charge in [0.05, 0.1) is 6.10 Å². The summed E-state index contributed by atoms with van der Waals surface area (Å²) < 4.78 is 5.60. The van der Waals surface area contributed by atoms with Crippen LogP contribution in [0.25, 0.3) is 0 Å². The largest absolute Gasteiger partial charge is 0.399 e. The van der Waals surface area contributed by atoms with Crippen LogP contribution in [-0.4, -0.2) is 36.6 Å². The van der Waals surface area contributed by atoms with Gasteiger partial charge in [0.25, 0.3) is 0 Å². The Labute approximate surface area is 120 Å². The molecule has 1 aliphatic heterocycles. The van der Waals surface area contributed by atoms with Crippen LogP contribution < -0.4 is 5.73 Å². The number of anilines is 1. The summed E-state index contributed by atoms with van der Waals surface area (Å²) >= 11 is 0. The van der Waals surface area contributed by atoms with E-state index >= 15 is 0 Å². The maximum absolute atomic E-state index is 12.2. The lowest BCUT2D eigenvalue weighted by molar-refractivity contribution is -0.132. The fourth-order valence-electron chi connectivity index (χ4n) is 2.54. The highest BCUT2D eigenvalue weighted by Crippen LogP contribution is 2.14. The van der Waals surface area contributed by atoms with E-state index in [0.29, 0.717) is 6.42 Å². The molecule has 0 aliphatic carbocycles. The summed E-state index contributed by atoms with van der Waals surface area (Å²) in [6.07, 6.45) is 3.73. The standard InChI is InChI=1S/C16H24N2O2/c1-2-18(12-15-4-3-11-20-15)16(19)10-7-13-5-8-14(17)9-6-13/h5-6,8-9,15H,2-4,7,10-12,17H2,1H3. The van der Waals surface area contributed by atoms with Gasteiger partial charge in [-0.1, -0.05) is 12.1 Å². The number of hydrogen-bond acceptors (Lipinski definition) is 3. The second kappa shape index (κ2) is 7.29. The summed E-state index contributed by atoms with van der Waals surface area (Å²) in [5.41, 5.74) is 7.57. The number of carbonyl (C=O) groups excluding carboxylic acids is 1. The molecule has 1 atom stereocenters. The minimum atomic E-state index is 0.208. The third kappa shape index (κ3) is 4.23. The van der Waals surface area contributed by atoms with Crippen molar-refractivity contribution >= 4 is 11.6 Å². The molecule has 0 bridgehead atoms. The van der Waals surface area contributed by atoms with Gasteiger partial charge in [-0.3, -0.25) is 4.79 Å². The smallest absolute Gasteiger partial charge is 0.222 e. The topological polar surface area (TPSA) is 55.6 Å². The van der Waals surface area contributed by atoms with Crippen LogP contribution in [-0.2, 0) is 16.0 Å².